The average molecular weight is 410 g/mol. The number of imidazole rings is 1. The first-order chi connectivity index (χ1) is 14.1. The SMILES string of the molecule is CC(=O)Nc1cc(C(=O)N2CCSCC2)cc2ncn(CCc3ccccn3)c12. The summed E-state index contributed by atoms with van der Waals surface area (Å²) in [6.45, 7) is 3.64. The average Bonchev–Trinajstić information content (AvgIpc) is 3.16. The molecular weight excluding hydrogens is 386 g/mol. The molecule has 150 valence electrons. The van der Waals surface area contributed by atoms with Gasteiger partial charge in [-0.05, 0) is 24.3 Å². The van der Waals surface area contributed by atoms with E-state index in [4.69, 9.17) is 0 Å². The van der Waals surface area contributed by atoms with Crippen LogP contribution in [0.5, 0.6) is 0 Å². The predicted molar refractivity (Wildman–Crippen MR) is 115 cm³/mol. The molecule has 1 aliphatic heterocycles. The van der Waals surface area contributed by atoms with E-state index in [1.165, 1.54) is 6.92 Å². The summed E-state index contributed by atoms with van der Waals surface area (Å²) in [5, 5.41) is 2.88. The third-order valence-electron chi connectivity index (χ3n) is 4.90. The van der Waals surface area contributed by atoms with Crippen LogP contribution in [0.15, 0.2) is 42.9 Å². The smallest absolute Gasteiger partial charge is 0.254 e. The van der Waals surface area contributed by atoms with E-state index in [-0.39, 0.29) is 11.8 Å². The summed E-state index contributed by atoms with van der Waals surface area (Å²) >= 11 is 1.86. The van der Waals surface area contributed by atoms with Crippen molar-refractivity contribution < 1.29 is 9.59 Å². The number of aryl methyl sites for hydroxylation is 2. The highest BCUT2D eigenvalue weighted by atomic mass is 32.2. The first-order valence-corrected chi connectivity index (χ1v) is 10.8. The molecule has 3 heterocycles. The Balaban J connectivity index is 1.66. The van der Waals surface area contributed by atoms with Crippen LogP contribution in [0, 0.1) is 0 Å². The number of carbonyl (C=O) groups excluding carboxylic acids is 2. The van der Waals surface area contributed by atoms with Crippen LogP contribution in [0.25, 0.3) is 11.0 Å². The number of hydrogen-bond acceptors (Lipinski definition) is 5. The van der Waals surface area contributed by atoms with Crippen molar-refractivity contribution >= 4 is 40.3 Å². The van der Waals surface area contributed by atoms with Gasteiger partial charge in [0, 0.05) is 61.9 Å². The Morgan fingerprint density at radius 3 is 2.72 bits per heavy atom. The molecule has 7 nitrogen and oxygen atoms in total. The fourth-order valence-electron chi connectivity index (χ4n) is 3.52. The minimum atomic E-state index is -0.178. The quantitative estimate of drug-likeness (QED) is 0.701. The van der Waals surface area contributed by atoms with Crippen molar-refractivity contribution in [2.75, 3.05) is 29.9 Å². The zero-order valence-electron chi connectivity index (χ0n) is 16.3. The summed E-state index contributed by atoms with van der Waals surface area (Å²) in [4.78, 5) is 35.5. The molecule has 0 radical (unpaired) electrons. The van der Waals surface area contributed by atoms with Gasteiger partial charge in [0.05, 0.1) is 23.0 Å². The Bertz CT molecular complexity index is 1030. The number of aromatic nitrogens is 3. The molecule has 1 aliphatic rings. The maximum Gasteiger partial charge on any atom is 0.254 e. The lowest BCUT2D eigenvalue weighted by atomic mass is 10.1. The molecule has 1 aromatic carbocycles. The Hall–Kier alpha value is -2.87. The van der Waals surface area contributed by atoms with Crippen molar-refractivity contribution in [3.05, 3.63) is 54.1 Å². The highest BCUT2D eigenvalue weighted by Gasteiger charge is 2.21. The van der Waals surface area contributed by atoms with Gasteiger partial charge in [-0.1, -0.05) is 6.07 Å². The second-order valence-corrected chi connectivity index (χ2v) is 8.21. The molecule has 3 aromatic rings. The molecule has 4 rings (SSSR count). The van der Waals surface area contributed by atoms with Crippen molar-refractivity contribution in [1.29, 1.82) is 0 Å². The molecule has 0 spiro atoms. The molecule has 2 aromatic heterocycles. The van der Waals surface area contributed by atoms with Gasteiger partial charge in [-0.2, -0.15) is 11.8 Å². The zero-order valence-corrected chi connectivity index (χ0v) is 17.1. The number of nitrogens with one attached hydrogen (secondary N) is 1. The number of hydrogen-bond donors (Lipinski definition) is 1. The van der Waals surface area contributed by atoms with E-state index < -0.39 is 0 Å². The van der Waals surface area contributed by atoms with Crippen molar-refractivity contribution in [1.82, 2.24) is 19.4 Å². The van der Waals surface area contributed by atoms with E-state index in [0.29, 0.717) is 23.3 Å². The summed E-state index contributed by atoms with van der Waals surface area (Å²) in [6.07, 6.45) is 4.28. The first-order valence-electron chi connectivity index (χ1n) is 9.65. The topological polar surface area (TPSA) is 80.1 Å². The van der Waals surface area contributed by atoms with E-state index in [0.717, 1.165) is 42.2 Å². The summed E-state index contributed by atoms with van der Waals surface area (Å²) in [5.74, 6) is 1.72. The molecule has 2 amide bonds. The van der Waals surface area contributed by atoms with Crippen molar-refractivity contribution in [2.24, 2.45) is 0 Å². The lowest BCUT2D eigenvalue weighted by Gasteiger charge is -2.26. The zero-order chi connectivity index (χ0) is 20.2. The highest BCUT2D eigenvalue weighted by molar-refractivity contribution is 7.99. The second-order valence-electron chi connectivity index (χ2n) is 6.99. The molecule has 0 saturated carbocycles. The summed E-state index contributed by atoms with van der Waals surface area (Å²) in [5.41, 5.74) is 3.69. The van der Waals surface area contributed by atoms with E-state index in [2.05, 4.69) is 15.3 Å². The van der Waals surface area contributed by atoms with Gasteiger partial charge in [-0.25, -0.2) is 4.98 Å². The number of fused-ring (bicyclic) bond motifs is 1. The molecule has 0 atom stereocenters. The monoisotopic (exact) mass is 409 g/mol. The number of nitrogens with zero attached hydrogens (tertiary/aromatic N) is 4. The Morgan fingerprint density at radius 1 is 1.17 bits per heavy atom. The van der Waals surface area contributed by atoms with Crippen molar-refractivity contribution in [3.63, 3.8) is 0 Å². The van der Waals surface area contributed by atoms with Crippen LogP contribution in [-0.4, -0.2) is 55.8 Å². The van der Waals surface area contributed by atoms with Gasteiger partial charge in [0.2, 0.25) is 5.91 Å². The largest absolute Gasteiger partial charge is 0.337 e. The van der Waals surface area contributed by atoms with Crippen LogP contribution < -0.4 is 5.32 Å². The molecule has 8 heteroatoms. The van der Waals surface area contributed by atoms with Crippen LogP contribution >= 0.6 is 11.8 Å². The molecule has 0 aliphatic carbocycles. The third kappa shape index (κ3) is 4.42. The van der Waals surface area contributed by atoms with E-state index >= 15 is 0 Å². The lowest BCUT2D eigenvalue weighted by molar-refractivity contribution is -0.114. The second kappa shape index (κ2) is 8.65. The lowest BCUT2D eigenvalue weighted by Crippen LogP contribution is -2.37. The fraction of sp³-hybridized carbons (Fsp3) is 0.333. The number of carbonyl (C=O) groups is 2. The maximum absolute atomic E-state index is 13.0. The number of thioether (sulfide) groups is 1. The van der Waals surface area contributed by atoms with Gasteiger partial charge in [0.25, 0.3) is 5.91 Å². The number of benzene rings is 1. The van der Waals surface area contributed by atoms with E-state index in [1.54, 1.807) is 18.6 Å². The maximum atomic E-state index is 13.0. The molecule has 1 saturated heterocycles. The molecule has 0 bridgehead atoms. The molecule has 29 heavy (non-hydrogen) atoms. The Kier molecular flexibility index (Phi) is 5.80. The summed E-state index contributed by atoms with van der Waals surface area (Å²) < 4.78 is 2.00. The predicted octanol–water partition coefficient (Wildman–Crippen LogP) is 2.82. The van der Waals surface area contributed by atoms with Gasteiger partial charge in [0.15, 0.2) is 0 Å². The van der Waals surface area contributed by atoms with Crippen LogP contribution in [-0.2, 0) is 17.8 Å². The van der Waals surface area contributed by atoms with Gasteiger partial charge in [0.1, 0.15) is 0 Å². The van der Waals surface area contributed by atoms with Crippen LogP contribution in [0.2, 0.25) is 0 Å². The first kappa shape index (κ1) is 19.4. The van der Waals surface area contributed by atoms with Gasteiger partial charge >= 0.3 is 0 Å². The van der Waals surface area contributed by atoms with E-state index in [1.807, 2.05) is 45.5 Å². The van der Waals surface area contributed by atoms with Crippen molar-refractivity contribution in [3.8, 4) is 0 Å². The number of anilines is 1. The number of rotatable bonds is 5. The minimum Gasteiger partial charge on any atom is -0.337 e. The minimum absolute atomic E-state index is 0.0122. The molecule has 0 unspecified atom stereocenters. The molecule has 1 fully saturated rings. The summed E-state index contributed by atoms with van der Waals surface area (Å²) in [6, 6.07) is 9.44. The Labute approximate surface area is 173 Å². The van der Waals surface area contributed by atoms with Crippen molar-refractivity contribution in [2.45, 2.75) is 19.9 Å². The van der Waals surface area contributed by atoms with Crippen LogP contribution in [0.4, 0.5) is 5.69 Å². The Morgan fingerprint density at radius 2 is 2.00 bits per heavy atom. The van der Waals surface area contributed by atoms with Gasteiger partial charge in [-0.15, -0.1) is 0 Å². The molecular formula is C21H23N5O2S. The number of amides is 2. The fourth-order valence-corrected chi connectivity index (χ4v) is 4.42. The normalized spacial score (nSPS) is 14.2. The van der Waals surface area contributed by atoms with Gasteiger partial charge < -0.3 is 14.8 Å². The van der Waals surface area contributed by atoms with Crippen LogP contribution in [0.3, 0.4) is 0 Å². The van der Waals surface area contributed by atoms with E-state index in [9.17, 15) is 9.59 Å². The van der Waals surface area contributed by atoms with Gasteiger partial charge in [-0.3, -0.25) is 14.6 Å². The number of pyridine rings is 1. The molecule has 1 N–H and O–H groups in total. The summed E-state index contributed by atoms with van der Waals surface area (Å²) in [7, 11) is 0. The highest BCUT2D eigenvalue weighted by Crippen LogP contribution is 2.27. The standard InChI is InChI=1S/C21H23N5O2S/c1-15(27)24-19-13-16(21(28)25-8-10-29-11-9-25)12-18-20(19)26(14-23-18)7-5-17-4-2-3-6-22-17/h2-4,6,12-14H,5,7-11H2,1H3,(H,24,27). The third-order valence-corrected chi connectivity index (χ3v) is 5.85. The van der Waals surface area contributed by atoms with Crippen LogP contribution in [0.1, 0.15) is 23.0 Å².